The minimum absolute atomic E-state index is 0.318. The number of aliphatic hydroxyl groups excluding tert-OH is 1. The Balaban J connectivity index is 1.65. The summed E-state index contributed by atoms with van der Waals surface area (Å²) >= 11 is 0. The lowest BCUT2D eigenvalue weighted by Gasteiger charge is -2.24. The highest BCUT2D eigenvalue weighted by atomic mass is 16.3. The fourth-order valence-electron chi connectivity index (χ4n) is 3.96. The molecule has 94 valence electrons. The van der Waals surface area contributed by atoms with Gasteiger partial charge < -0.3 is 5.11 Å². The maximum atomic E-state index is 10.3. The fraction of sp³-hybridized carbons (Fsp3) is 0.786. The maximum absolute atomic E-state index is 10.3. The summed E-state index contributed by atoms with van der Waals surface area (Å²) < 4.78 is 1.91. The quantitative estimate of drug-likeness (QED) is 0.870. The van der Waals surface area contributed by atoms with E-state index < -0.39 is 0 Å². The fourth-order valence-corrected chi connectivity index (χ4v) is 3.96. The summed E-state index contributed by atoms with van der Waals surface area (Å²) in [5, 5.41) is 14.6. The first-order valence-corrected chi connectivity index (χ1v) is 6.97. The molecule has 1 aromatic heterocycles. The van der Waals surface area contributed by atoms with E-state index in [0.717, 1.165) is 36.4 Å². The summed E-state index contributed by atoms with van der Waals surface area (Å²) in [5.74, 6) is 2.62. The van der Waals surface area contributed by atoms with Crippen LogP contribution in [-0.4, -0.2) is 14.9 Å². The molecule has 0 saturated heterocycles. The van der Waals surface area contributed by atoms with Crippen LogP contribution in [0.25, 0.3) is 0 Å². The van der Waals surface area contributed by atoms with Gasteiger partial charge >= 0.3 is 0 Å². The molecule has 4 unspecified atom stereocenters. The molecule has 2 saturated carbocycles. The molecule has 2 bridgehead atoms. The molecule has 2 aliphatic rings. The maximum Gasteiger partial charge on any atom is 0.0959 e. The molecule has 3 nitrogen and oxygen atoms in total. The van der Waals surface area contributed by atoms with Gasteiger partial charge in [-0.25, -0.2) is 0 Å². The van der Waals surface area contributed by atoms with Crippen molar-refractivity contribution < 1.29 is 5.11 Å². The van der Waals surface area contributed by atoms with E-state index in [1.807, 2.05) is 10.7 Å². The highest BCUT2D eigenvalue weighted by Gasteiger charge is 2.40. The summed E-state index contributed by atoms with van der Waals surface area (Å²) in [6.45, 7) is 2.91. The van der Waals surface area contributed by atoms with Crippen LogP contribution in [0.5, 0.6) is 0 Å². The summed E-state index contributed by atoms with van der Waals surface area (Å²) in [6, 6.07) is 1.96. The Morgan fingerprint density at radius 2 is 2.35 bits per heavy atom. The van der Waals surface area contributed by atoms with Crippen molar-refractivity contribution in [3.8, 4) is 0 Å². The third-order valence-corrected chi connectivity index (χ3v) is 4.80. The van der Waals surface area contributed by atoms with E-state index in [1.165, 1.54) is 25.7 Å². The topological polar surface area (TPSA) is 38.0 Å². The van der Waals surface area contributed by atoms with Crippen LogP contribution in [0.2, 0.25) is 0 Å². The molecule has 2 aliphatic carbocycles. The first kappa shape index (κ1) is 11.3. The van der Waals surface area contributed by atoms with Gasteiger partial charge in [0.2, 0.25) is 0 Å². The molecule has 0 radical (unpaired) electrons. The highest BCUT2D eigenvalue weighted by Crippen LogP contribution is 2.50. The van der Waals surface area contributed by atoms with Crippen molar-refractivity contribution in [3.05, 3.63) is 18.0 Å². The molecule has 3 rings (SSSR count). The predicted octanol–water partition coefficient (Wildman–Crippen LogP) is 2.76. The zero-order chi connectivity index (χ0) is 11.8. The first-order chi connectivity index (χ1) is 8.28. The zero-order valence-corrected chi connectivity index (χ0v) is 10.5. The van der Waals surface area contributed by atoms with Gasteiger partial charge in [-0.3, -0.25) is 4.68 Å². The van der Waals surface area contributed by atoms with Gasteiger partial charge in [-0.05, 0) is 56.4 Å². The number of aromatic nitrogens is 2. The van der Waals surface area contributed by atoms with E-state index in [0.29, 0.717) is 0 Å². The second-order valence-electron chi connectivity index (χ2n) is 5.76. The van der Waals surface area contributed by atoms with Crippen LogP contribution in [0.3, 0.4) is 0 Å². The van der Waals surface area contributed by atoms with E-state index >= 15 is 0 Å². The van der Waals surface area contributed by atoms with Gasteiger partial charge in [0, 0.05) is 12.7 Å². The van der Waals surface area contributed by atoms with Crippen molar-refractivity contribution >= 4 is 0 Å². The lowest BCUT2D eigenvalue weighted by atomic mass is 9.84. The third kappa shape index (κ3) is 2.01. The normalized spacial score (nSPS) is 33.2. The molecule has 17 heavy (non-hydrogen) atoms. The average molecular weight is 234 g/mol. The lowest BCUT2D eigenvalue weighted by Crippen LogP contribution is -2.16. The van der Waals surface area contributed by atoms with Crippen LogP contribution in [0.4, 0.5) is 0 Å². The molecule has 2 fully saturated rings. The molecule has 0 spiro atoms. The van der Waals surface area contributed by atoms with Gasteiger partial charge in [0.05, 0.1) is 11.8 Å². The van der Waals surface area contributed by atoms with Crippen LogP contribution in [0.1, 0.15) is 50.8 Å². The van der Waals surface area contributed by atoms with Crippen molar-refractivity contribution in [2.24, 2.45) is 17.8 Å². The molecule has 3 heteroatoms. The van der Waals surface area contributed by atoms with Crippen molar-refractivity contribution in [2.45, 2.75) is 51.7 Å². The van der Waals surface area contributed by atoms with E-state index in [1.54, 1.807) is 6.20 Å². The second kappa shape index (κ2) is 4.45. The molecule has 0 aromatic carbocycles. The minimum atomic E-state index is -0.318. The highest BCUT2D eigenvalue weighted by molar-refractivity contribution is 5.05. The van der Waals surface area contributed by atoms with Crippen LogP contribution in [0.15, 0.2) is 12.3 Å². The Hall–Kier alpha value is -0.830. The van der Waals surface area contributed by atoms with Crippen molar-refractivity contribution in [1.29, 1.82) is 0 Å². The van der Waals surface area contributed by atoms with Gasteiger partial charge in [-0.2, -0.15) is 5.10 Å². The summed E-state index contributed by atoms with van der Waals surface area (Å²) in [6.07, 6.45) is 8.02. The summed E-state index contributed by atoms with van der Waals surface area (Å²) in [4.78, 5) is 0. The molecule has 0 aliphatic heterocycles. The predicted molar refractivity (Wildman–Crippen MR) is 66.4 cm³/mol. The van der Waals surface area contributed by atoms with Crippen molar-refractivity contribution in [2.75, 3.05) is 0 Å². The molecule has 1 aromatic rings. The molecule has 0 amide bonds. The van der Waals surface area contributed by atoms with E-state index in [2.05, 4.69) is 12.0 Å². The van der Waals surface area contributed by atoms with Crippen LogP contribution in [-0.2, 0) is 6.54 Å². The number of aliphatic hydroxyl groups is 1. The van der Waals surface area contributed by atoms with Gasteiger partial charge in [-0.15, -0.1) is 0 Å². The van der Waals surface area contributed by atoms with E-state index in [9.17, 15) is 5.11 Å². The number of rotatable bonds is 4. The summed E-state index contributed by atoms with van der Waals surface area (Å²) in [5.41, 5.74) is 0.996. The van der Waals surface area contributed by atoms with Gasteiger partial charge in [-0.1, -0.05) is 6.42 Å². The van der Waals surface area contributed by atoms with Crippen LogP contribution >= 0.6 is 0 Å². The lowest BCUT2D eigenvalue weighted by molar-refractivity contribution is 0.117. The molecule has 4 atom stereocenters. The molecular weight excluding hydrogens is 212 g/mol. The number of hydrogen-bond acceptors (Lipinski definition) is 2. The first-order valence-electron chi connectivity index (χ1n) is 6.97. The van der Waals surface area contributed by atoms with Crippen LogP contribution < -0.4 is 0 Å². The largest absolute Gasteiger partial charge is 0.387 e. The SMILES string of the molecule is CCn1nccc1C(O)CC1CC2CCC1C2. The van der Waals surface area contributed by atoms with Gasteiger partial charge in [0.1, 0.15) is 0 Å². The Morgan fingerprint density at radius 3 is 3.00 bits per heavy atom. The monoisotopic (exact) mass is 234 g/mol. The number of nitrogens with zero attached hydrogens (tertiary/aromatic N) is 2. The van der Waals surface area contributed by atoms with E-state index in [-0.39, 0.29) is 6.10 Å². The minimum Gasteiger partial charge on any atom is -0.387 e. The Kier molecular flexibility index (Phi) is 2.95. The third-order valence-electron chi connectivity index (χ3n) is 4.80. The second-order valence-corrected chi connectivity index (χ2v) is 5.76. The summed E-state index contributed by atoms with van der Waals surface area (Å²) in [7, 11) is 0. The van der Waals surface area contributed by atoms with Crippen molar-refractivity contribution in [1.82, 2.24) is 9.78 Å². The zero-order valence-electron chi connectivity index (χ0n) is 10.5. The van der Waals surface area contributed by atoms with Gasteiger partial charge in [0.25, 0.3) is 0 Å². The average Bonchev–Trinajstić information content (AvgIpc) is 3.04. The van der Waals surface area contributed by atoms with Gasteiger partial charge in [0.15, 0.2) is 0 Å². The molecule has 1 N–H and O–H groups in total. The smallest absolute Gasteiger partial charge is 0.0959 e. The van der Waals surface area contributed by atoms with Crippen LogP contribution in [0, 0.1) is 17.8 Å². The Labute approximate surface area is 103 Å². The Bertz CT molecular complexity index is 387. The molecular formula is C14H22N2O. The van der Waals surface area contributed by atoms with E-state index in [4.69, 9.17) is 0 Å². The van der Waals surface area contributed by atoms with Crippen molar-refractivity contribution in [3.63, 3.8) is 0 Å². The molecule has 1 heterocycles. The Morgan fingerprint density at radius 1 is 1.47 bits per heavy atom. The number of hydrogen-bond donors (Lipinski definition) is 1. The number of fused-ring (bicyclic) bond motifs is 2. The standard InChI is InChI=1S/C14H22N2O/c1-2-16-13(5-6-15-16)14(17)9-12-8-10-3-4-11(12)7-10/h5-6,10-12,14,17H,2-4,7-9H2,1H3. The number of aryl methyl sites for hydroxylation is 1.